The summed E-state index contributed by atoms with van der Waals surface area (Å²) in [6.07, 6.45) is -4.39. The Balaban J connectivity index is 0.00000243. The first kappa shape index (κ1) is 21.1. The maximum atomic E-state index is 12.6. The first-order valence-electron chi connectivity index (χ1n) is 6.84. The minimum absolute atomic E-state index is 0. The predicted molar refractivity (Wildman–Crippen MR) is 86.0 cm³/mol. The molecular weight excluding hydrogens is 398 g/mol. The van der Waals surface area contributed by atoms with Gasteiger partial charge in [-0.3, -0.25) is 0 Å². The van der Waals surface area contributed by atoms with Gasteiger partial charge >= 0.3 is 35.7 Å². The van der Waals surface area contributed by atoms with Crippen molar-refractivity contribution < 1.29 is 55.7 Å². The van der Waals surface area contributed by atoms with Crippen LogP contribution in [0, 0.1) is 0 Å². The minimum atomic E-state index is -4.51. The van der Waals surface area contributed by atoms with Crippen molar-refractivity contribution in [3.63, 3.8) is 0 Å². The number of rotatable bonds is 3. The van der Waals surface area contributed by atoms with Crippen LogP contribution in [0.15, 0.2) is 58.8 Å². The standard InChI is InChI=1S/C16H10F3NO3S2.Na/c17-16(18,19)12-5-1-10(2-6-12)14-9-24-15(20-14)11-3-7-13(8-4-11)25(21,22)23;/h1-9H,(H,21,22,23);/q;+1/p-1. The molecule has 0 unspecified atom stereocenters. The van der Waals surface area contributed by atoms with E-state index in [-0.39, 0.29) is 34.5 Å². The Kier molecular flexibility index (Phi) is 6.32. The Morgan fingerprint density at radius 2 is 1.46 bits per heavy atom. The van der Waals surface area contributed by atoms with Gasteiger partial charge in [-0.15, -0.1) is 11.3 Å². The summed E-state index contributed by atoms with van der Waals surface area (Å²) in [6, 6.07) is 9.96. The molecule has 0 atom stereocenters. The average molecular weight is 407 g/mol. The van der Waals surface area contributed by atoms with E-state index in [1.165, 1.54) is 47.7 Å². The molecule has 0 amide bonds. The van der Waals surface area contributed by atoms with E-state index in [2.05, 4.69) is 4.98 Å². The van der Waals surface area contributed by atoms with Crippen LogP contribution in [0.5, 0.6) is 0 Å². The van der Waals surface area contributed by atoms with Crippen molar-refractivity contribution in [2.24, 2.45) is 0 Å². The van der Waals surface area contributed by atoms with Crippen molar-refractivity contribution in [2.75, 3.05) is 0 Å². The van der Waals surface area contributed by atoms with Gasteiger partial charge in [-0.05, 0) is 24.3 Å². The van der Waals surface area contributed by atoms with Gasteiger partial charge in [0, 0.05) is 16.5 Å². The molecule has 0 saturated heterocycles. The normalized spacial score (nSPS) is 11.8. The van der Waals surface area contributed by atoms with E-state index in [4.69, 9.17) is 0 Å². The molecule has 0 aliphatic rings. The van der Waals surface area contributed by atoms with Crippen LogP contribution >= 0.6 is 11.3 Å². The van der Waals surface area contributed by atoms with Gasteiger partial charge in [0.05, 0.1) is 16.2 Å². The largest absolute Gasteiger partial charge is 1.00 e. The van der Waals surface area contributed by atoms with Crippen LogP contribution in [0.1, 0.15) is 5.56 Å². The summed E-state index contributed by atoms with van der Waals surface area (Å²) in [7, 11) is -4.51. The number of halogens is 3. The fourth-order valence-corrected chi connectivity index (χ4v) is 3.44. The zero-order valence-corrected chi connectivity index (χ0v) is 17.0. The van der Waals surface area contributed by atoms with Crippen LogP contribution in [-0.4, -0.2) is 18.0 Å². The Bertz CT molecular complexity index is 998. The summed E-state index contributed by atoms with van der Waals surface area (Å²) in [5, 5.41) is 2.25. The predicted octanol–water partition coefficient (Wildman–Crippen LogP) is 1.40. The summed E-state index contributed by atoms with van der Waals surface area (Å²) in [4.78, 5) is 4.01. The summed E-state index contributed by atoms with van der Waals surface area (Å²) in [5.74, 6) is 0. The molecule has 1 aromatic heterocycles. The van der Waals surface area contributed by atoms with Crippen LogP contribution in [0.25, 0.3) is 21.8 Å². The molecule has 0 aliphatic heterocycles. The van der Waals surface area contributed by atoms with Gasteiger partial charge in [-0.2, -0.15) is 13.2 Å². The van der Waals surface area contributed by atoms with Crippen LogP contribution < -0.4 is 29.6 Å². The zero-order valence-electron chi connectivity index (χ0n) is 13.3. The van der Waals surface area contributed by atoms with Gasteiger partial charge in [-0.25, -0.2) is 13.4 Å². The molecule has 0 aliphatic carbocycles. The van der Waals surface area contributed by atoms with Gasteiger partial charge in [0.2, 0.25) is 0 Å². The molecule has 0 radical (unpaired) electrons. The summed E-state index contributed by atoms with van der Waals surface area (Å²) < 4.78 is 70.5. The summed E-state index contributed by atoms with van der Waals surface area (Å²) in [5.41, 5.74) is 0.917. The van der Waals surface area contributed by atoms with Crippen LogP contribution in [0.3, 0.4) is 0 Å². The second kappa shape index (κ2) is 7.79. The van der Waals surface area contributed by atoms with E-state index in [9.17, 15) is 26.1 Å². The summed E-state index contributed by atoms with van der Waals surface area (Å²) >= 11 is 1.26. The molecule has 3 aromatic rings. The van der Waals surface area contributed by atoms with Crippen molar-refractivity contribution in [3.05, 3.63) is 59.5 Å². The van der Waals surface area contributed by atoms with Gasteiger partial charge in [0.1, 0.15) is 15.1 Å². The quantitative estimate of drug-likeness (QED) is 0.486. The maximum absolute atomic E-state index is 12.6. The van der Waals surface area contributed by atoms with E-state index >= 15 is 0 Å². The third-order valence-electron chi connectivity index (χ3n) is 3.40. The molecular formula is C16H9F3NNaO3S2. The molecule has 1 heterocycles. The molecule has 0 N–H and O–H groups in total. The second-order valence-electron chi connectivity index (χ2n) is 5.09. The molecule has 0 fully saturated rings. The number of hydrogen-bond donors (Lipinski definition) is 0. The third kappa shape index (κ3) is 4.73. The minimum Gasteiger partial charge on any atom is -0.744 e. The Hall–Kier alpha value is -1.23. The molecule has 130 valence electrons. The van der Waals surface area contributed by atoms with Crippen molar-refractivity contribution in [2.45, 2.75) is 11.1 Å². The van der Waals surface area contributed by atoms with Gasteiger partial charge < -0.3 is 4.55 Å². The molecule has 26 heavy (non-hydrogen) atoms. The molecule has 3 rings (SSSR count). The SMILES string of the molecule is O=S(=O)([O-])c1ccc(-c2nc(-c3ccc(C(F)(F)F)cc3)cs2)cc1.[Na+]. The van der Waals surface area contributed by atoms with Crippen LogP contribution in [-0.2, 0) is 16.3 Å². The summed E-state index contributed by atoms with van der Waals surface area (Å²) in [6.45, 7) is 0. The van der Waals surface area contributed by atoms with Gasteiger partial charge in [-0.1, -0.05) is 24.3 Å². The number of nitrogens with zero attached hydrogens (tertiary/aromatic N) is 1. The molecule has 4 nitrogen and oxygen atoms in total. The fraction of sp³-hybridized carbons (Fsp3) is 0.0625. The topological polar surface area (TPSA) is 70.1 Å². The molecule has 10 heteroatoms. The molecule has 0 saturated carbocycles. The van der Waals surface area contributed by atoms with Crippen molar-refractivity contribution in [1.82, 2.24) is 4.98 Å². The Morgan fingerprint density at radius 1 is 0.923 bits per heavy atom. The third-order valence-corrected chi connectivity index (χ3v) is 5.14. The van der Waals surface area contributed by atoms with Crippen molar-refractivity contribution in [3.8, 4) is 21.8 Å². The van der Waals surface area contributed by atoms with E-state index in [1.54, 1.807) is 5.38 Å². The monoisotopic (exact) mass is 407 g/mol. The Labute approximate surface area is 173 Å². The van der Waals surface area contributed by atoms with Crippen LogP contribution in [0.2, 0.25) is 0 Å². The average Bonchev–Trinajstić information content (AvgIpc) is 3.03. The van der Waals surface area contributed by atoms with Crippen LogP contribution in [0.4, 0.5) is 13.2 Å². The van der Waals surface area contributed by atoms with E-state index in [0.717, 1.165) is 12.1 Å². The van der Waals surface area contributed by atoms with E-state index in [0.29, 0.717) is 21.8 Å². The number of alkyl halides is 3. The maximum Gasteiger partial charge on any atom is 1.00 e. The molecule has 2 aromatic carbocycles. The number of hydrogen-bond acceptors (Lipinski definition) is 5. The number of thiazole rings is 1. The van der Waals surface area contributed by atoms with Crippen molar-refractivity contribution in [1.29, 1.82) is 0 Å². The van der Waals surface area contributed by atoms with Crippen molar-refractivity contribution >= 4 is 21.5 Å². The fourth-order valence-electron chi connectivity index (χ4n) is 2.13. The van der Waals surface area contributed by atoms with Gasteiger partial charge in [0.15, 0.2) is 0 Å². The number of aromatic nitrogens is 1. The smallest absolute Gasteiger partial charge is 0.744 e. The first-order chi connectivity index (χ1) is 11.6. The van der Waals surface area contributed by atoms with E-state index < -0.39 is 21.9 Å². The number of benzene rings is 2. The Morgan fingerprint density at radius 3 is 1.96 bits per heavy atom. The molecule has 0 bridgehead atoms. The second-order valence-corrected chi connectivity index (χ2v) is 7.33. The molecule has 0 spiro atoms. The zero-order chi connectivity index (χ0) is 18.2. The van der Waals surface area contributed by atoms with Gasteiger partial charge in [0.25, 0.3) is 0 Å². The first-order valence-corrected chi connectivity index (χ1v) is 9.13. The van der Waals surface area contributed by atoms with E-state index in [1.807, 2.05) is 0 Å².